The van der Waals surface area contributed by atoms with Crippen LogP contribution in [0.5, 0.6) is 0 Å². The predicted molar refractivity (Wildman–Crippen MR) is 83.2 cm³/mol. The van der Waals surface area contributed by atoms with Gasteiger partial charge in [0, 0.05) is 18.0 Å². The number of aliphatic carboxylic acids is 1. The Kier molecular flexibility index (Phi) is 4.32. The van der Waals surface area contributed by atoms with E-state index < -0.39 is 47.3 Å². The van der Waals surface area contributed by atoms with Crippen molar-refractivity contribution in [2.75, 3.05) is 13.1 Å². The summed E-state index contributed by atoms with van der Waals surface area (Å²) < 4.78 is 0. The van der Waals surface area contributed by atoms with Crippen LogP contribution in [0, 0.1) is 5.92 Å². The van der Waals surface area contributed by atoms with Gasteiger partial charge in [-0.25, -0.2) is 4.79 Å². The molecule has 0 radical (unpaired) electrons. The lowest BCUT2D eigenvalue weighted by Gasteiger charge is -2.43. The van der Waals surface area contributed by atoms with Crippen molar-refractivity contribution in [3.8, 4) is 0 Å². The number of thioether (sulfide) groups is 1. The van der Waals surface area contributed by atoms with Crippen molar-refractivity contribution in [3.63, 3.8) is 0 Å². The van der Waals surface area contributed by atoms with Crippen LogP contribution in [0.4, 0.5) is 0 Å². The number of aliphatic hydroxyl groups excluding tert-OH is 2. The molecular formula is C14H19N3O6S. The van der Waals surface area contributed by atoms with E-state index in [1.54, 1.807) is 4.90 Å². The number of carbonyl (C=O) groups is 3. The summed E-state index contributed by atoms with van der Waals surface area (Å²) in [5.41, 5.74) is 5.23. The summed E-state index contributed by atoms with van der Waals surface area (Å²) in [7, 11) is 0. The number of fused-ring (bicyclic) bond motifs is 1. The van der Waals surface area contributed by atoms with E-state index in [4.69, 9.17) is 5.73 Å². The van der Waals surface area contributed by atoms with Gasteiger partial charge < -0.3 is 21.1 Å². The van der Waals surface area contributed by atoms with Gasteiger partial charge in [-0.1, -0.05) is 0 Å². The molecule has 0 aromatic carbocycles. The number of nitrogens with two attached hydrogens (primary N) is 1. The molecule has 2 amide bonds. The quantitative estimate of drug-likeness (QED) is 0.418. The van der Waals surface area contributed by atoms with Crippen molar-refractivity contribution >= 4 is 29.5 Å². The molecule has 5 atom stereocenters. The van der Waals surface area contributed by atoms with E-state index in [9.17, 15) is 29.7 Å². The number of β-lactam (4-membered cyclic amide) rings is 1. The first kappa shape index (κ1) is 17.2. The van der Waals surface area contributed by atoms with Gasteiger partial charge in [0.1, 0.15) is 11.1 Å². The second kappa shape index (κ2) is 6.03. The van der Waals surface area contributed by atoms with E-state index >= 15 is 0 Å². The number of amides is 2. The van der Waals surface area contributed by atoms with Crippen LogP contribution in [-0.4, -0.2) is 79.6 Å². The highest BCUT2D eigenvalue weighted by atomic mass is 32.2. The molecule has 10 heteroatoms. The lowest BCUT2D eigenvalue weighted by Crippen LogP contribution is -2.60. The van der Waals surface area contributed by atoms with Gasteiger partial charge in [0.05, 0.1) is 24.2 Å². The lowest BCUT2D eigenvalue weighted by atomic mass is 9.92. The number of carboxylic acids is 1. The fourth-order valence-electron chi connectivity index (χ4n) is 3.50. The van der Waals surface area contributed by atoms with Crippen molar-refractivity contribution in [1.82, 2.24) is 9.80 Å². The Morgan fingerprint density at radius 2 is 2.12 bits per heavy atom. The SMILES string of the molecule is C[C@@H](O)[C@H]1C(=O)N2C(C(=O)O)=C(CN3C[C@@H](O)C[C@@H]3C(N)=O)S[C@H]12. The molecular weight excluding hydrogens is 338 g/mol. The van der Waals surface area contributed by atoms with Crippen LogP contribution in [0.25, 0.3) is 0 Å². The molecule has 3 aliphatic heterocycles. The molecule has 0 aliphatic carbocycles. The number of rotatable bonds is 5. The van der Waals surface area contributed by atoms with Crippen molar-refractivity contribution in [2.45, 2.75) is 37.0 Å². The molecule has 0 spiro atoms. The number of carboxylic acid groups (broad SMARTS) is 1. The molecule has 132 valence electrons. The fourth-order valence-corrected chi connectivity index (χ4v) is 5.13. The van der Waals surface area contributed by atoms with Gasteiger partial charge in [-0.05, 0) is 13.3 Å². The van der Waals surface area contributed by atoms with E-state index in [0.717, 1.165) is 0 Å². The maximum Gasteiger partial charge on any atom is 0.353 e. The fraction of sp³-hybridized carbons (Fsp3) is 0.643. The smallest absolute Gasteiger partial charge is 0.353 e. The number of aliphatic hydroxyl groups is 2. The van der Waals surface area contributed by atoms with Crippen LogP contribution in [0.1, 0.15) is 13.3 Å². The molecule has 0 aromatic heterocycles. The first-order chi connectivity index (χ1) is 11.2. The minimum absolute atomic E-state index is 0.114. The second-order valence-corrected chi connectivity index (χ2v) is 7.51. The molecule has 0 aromatic rings. The molecule has 2 saturated heterocycles. The highest BCUT2D eigenvalue weighted by molar-refractivity contribution is 8.04. The van der Waals surface area contributed by atoms with Crippen molar-refractivity contribution in [1.29, 1.82) is 0 Å². The van der Waals surface area contributed by atoms with Crippen LogP contribution in [0.3, 0.4) is 0 Å². The normalized spacial score (nSPS) is 34.3. The molecule has 0 bridgehead atoms. The van der Waals surface area contributed by atoms with Gasteiger partial charge in [0.2, 0.25) is 11.8 Å². The minimum atomic E-state index is -1.23. The molecule has 3 heterocycles. The Bertz CT molecular complexity index is 636. The summed E-state index contributed by atoms with van der Waals surface area (Å²) in [6.45, 7) is 1.83. The molecule has 3 aliphatic rings. The summed E-state index contributed by atoms with van der Waals surface area (Å²) in [6.07, 6.45) is -1.36. The van der Waals surface area contributed by atoms with Gasteiger partial charge in [-0.15, -0.1) is 11.8 Å². The number of hydrogen-bond donors (Lipinski definition) is 4. The lowest BCUT2D eigenvalue weighted by molar-refractivity contribution is -0.156. The number of primary amides is 1. The van der Waals surface area contributed by atoms with E-state index in [1.165, 1.54) is 23.6 Å². The first-order valence-corrected chi connectivity index (χ1v) is 8.46. The molecule has 9 nitrogen and oxygen atoms in total. The third kappa shape index (κ3) is 2.59. The Hall–Kier alpha value is -1.62. The third-order valence-electron chi connectivity index (χ3n) is 4.63. The van der Waals surface area contributed by atoms with Crippen molar-refractivity contribution in [2.24, 2.45) is 11.7 Å². The summed E-state index contributed by atoms with van der Waals surface area (Å²) in [5, 5.41) is 28.5. The van der Waals surface area contributed by atoms with Gasteiger partial charge in [0.25, 0.3) is 0 Å². The van der Waals surface area contributed by atoms with E-state index in [-0.39, 0.29) is 25.2 Å². The zero-order chi connectivity index (χ0) is 17.8. The largest absolute Gasteiger partial charge is 0.477 e. The highest BCUT2D eigenvalue weighted by Crippen LogP contribution is 2.50. The van der Waals surface area contributed by atoms with Gasteiger partial charge in [-0.2, -0.15) is 0 Å². The molecule has 2 fully saturated rings. The van der Waals surface area contributed by atoms with Gasteiger partial charge in [-0.3, -0.25) is 19.4 Å². The van der Waals surface area contributed by atoms with Crippen LogP contribution < -0.4 is 5.73 Å². The summed E-state index contributed by atoms with van der Waals surface area (Å²) in [5.74, 6) is -2.86. The average Bonchev–Trinajstić information content (AvgIpc) is 2.97. The minimum Gasteiger partial charge on any atom is -0.477 e. The number of hydrogen-bond acceptors (Lipinski definition) is 7. The molecule has 0 unspecified atom stereocenters. The third-order valence-corrected chi connectivity index (χ3v) is 5.98. The Morgan fingerprint density at radius 3 is 2.67 bits per heavy atom. The maximum atomic E-state index is 12.1. The van der Waals surface area contributed by atoms with E-state index in [0.29, 0.717) is 4.91 Å². The predicted octanol–water partition coefficient (Wildman–Crippen LogP) is -1.88. The standard InChI is InChI=1S/C14H19N3O6S/c1-5(18)9-12(21)17-10(14(22)23)8(24-13(9)17)4-16-3-6(19)2-7(16)11(15)20/h5-7,9,13,18-19H,2-4H2,1H3,(H2,15,20)(H,22,23)/t5-,6+,7-,9+,13-/m1/s1. The van der Waals surface area contributed by atoms with E-state index in [2.05, 4.69) is 0 Å². The second-order valence-electron chi connectivity index (χ2n) is 6.30. The zero-order valence-corrected chi connectivity index (χ0v) is 13.8. The Balaban J connectivity index is 1.84. The first-order valence-electron chi connectivity index (χ1n) is 7.58. The van der Waals surface area contributed by atoms with E-state index in [1.807, 2.05) is 0 Å². The molecule has 0 saturated carbocycles. The van der Waals surface area contributed by atoms with Crippen LogP contribution in [0.15, 0.2) is 10.6 Å². The maximum absolute atomic E-state index is 12.1. The molecule has 5 N–H and O–H groups in total. The highest BCUT2D eigenvalue weighted by Gasteiger charge is 2.57. The summed E-state index contributed by atoms with van der Waals surface area (Å²) in [6, 6.07) is -0.667. The van der Waals surface area contributed by atoms with Crippen LogP contribution in [-0.2, 0) is 14.4 Å². The summed E-state index contributed by atoms with van der Waals surface area (Å²) >= 11 is 1.21. The van der Waals surface area contributed by atoms with Crippen molar-refractivity contribution < 1.29 is 29.7 Å². The van der Waals surface area contributed by atoms with Gasteiger partial charge in [0.15, 0.2) is 0 Å². The summed E-state index contributed by atoms with van der Waals surface area (Å²) in [4.78, 5) is 38.5. The number of carbonyl (C=O) groups excluding carboxylic acids is 2. The zero-order valence-electron chi connectivity index (χ0n) is 13.0. The van der Waals surface area contributed by atoms with Crippen molar-refractivity contribution in [3.05, 3.63) is 10.6 Å². The van der Waals surface area contributed by atoms with Crippen LogP contribution >= 0.6 is 11.8 Å². The van der Waals surface area contributed by atoms with Gasteiger partial charge >= 0.3 is 5.97 Å². The average molecular weight is 357 g/mol. The van der Waals surface area contributed by atoms with Crippen LogP contribution in [0.2, 0.25) is 0 Å². The molecule has 24 heavy (non-hydrogen) atoms. The monoisotopic (exact) mass is 357 g/mol. The Morgan fingerprint density at radius 1 is 1.46 bits per heavy atom. The number of likely N-dealkylation sites (tertiary alicyclic amines) is 1. The molecule has 3 rings (SSSR count). The number of nitrogens with zero attached hydrogens (tertiary/aromatic N) is 2. The Labute approximate surface area is 142 Å². The topological polar surface area (TPSA) is 144 Å². The number of β-amino-alcohol motifs (C(OH)–C–C–N with tert-alkyl or cyclic N) is 1.